The van der Waals surface area contributed by atoms with Crippen molar-refractivity contribution in [1.82, 2.24) is 10.6 Å². The third kappa shape index (κ3) is 4.24. The van der Waals surface area contributed by atoms with Gasteiger partial charge in [0.1, 0.15) is 5.75 Å². The summed E-state index contributed by atoms with van der Waals surface area (Å²) in [7, 11) is 1.75. The molecule has 3 nitrogen and oxygen atoms in total. The molecule has 1 aromatic heterocycles. The van der Waals surface area contributed by atoms with Crippen LogP contribution in [0.2, 0.25) is 0 Å². The first kappa shape index (κ1) is 18.2. The van der Waals surface area contributed by atoms with Crippen LogP contribution in [0.5, 0.6) is 5.75 Å². The topological polar surface area (TPSA) is 33.3 Å². The van der Waals surface area contributed by atoms with Crippen molar-refractivity contribution < 1.29 is 4.74 Å². The normalized spacial score (nSPS) is 19.7. The second-order valence-electron chi connectivity index (χ2n) is 7.01. The van der Waals surface area contributed by atoms with E-state index in [1.54, 1.807) is 18.4 Å². The molecule has 3 aromatic rings. The Morgan fingerprint density at radius 3 is 2.78 bits per heavy atom. The van der Waals surface area contributed by atoms with Gasteiger partial charge >= 0.3 is 0 Å². The standard InChI is InChI=1S/C23H26N2OS/c1-26-22-10-9-18(19-11-13-27-16-19)14-20(22)15-25-21-8-5-12-24-23(21)17-6-3-2-4-7-17/h2-4,6-7,9-11,13-14,16,21,23-25H,5,8,12,15H2,1H3/t21-,23-/m0/s1. The monoisotopic (exact) mass is 378 g/mol. The zero-order chi connectivity index (χ0) is 18.5. The fourth-order valence-corrected chi connectivity index (χ4v) is 4.55. The number of methoxy groups -OCH3 is 1. The maximum Gasteiger partial charge on any atom is 0.123 e. The lowest BCUT2D eigenvalue weighted by atomic mass is 9.92. The molecule has 0 unspecified atom stereocenters. The molecule has 2 heterocycles. The molecule has 0 bridgehead atoms. The Morgan fingerprint density at radius 2 is 2.00 bits per heavy atom. The molecule has 0 spiro atoms. The van der Waals surface area contributed by atoms with Crippen LogP contribution < -0.4 is 15.4 Å². The predicted molar refractivity (Wildman–Crippen MR) is 113 cm³/mol. The third-order valence-electron chi connectivity index (χ3n) is 5.31. The molecule has 140 valence electrons. The highest BCUT2D eigenvalue weighted by Crippen LogP contribution is 2.29. The summed E-state index contributed by atoms with van der Waals surface area (Å²) in [5.74, 6) is 0.946. The summed E-state index contributed by atoms with van der Waals surface area (Å²) in [6.45, 7) is 1.88. The predicted octanol–water partition coefficient (Wildman–Crippen LogP) is 5.01. The van der Waals surface area contributed by atoms with Crippen LogP contribution in [-0.2, 0) is 6.54 Å². The summed E-state index contributed by atoms with van der Waals surface area (Å²) < 4.78 is 5.62. The maximum absolute atomic E-state index is 5.62. The minimum Gasteiger partial charge on any atom is -0.496 e. The van der Waals surface area contributed by atoms with Gasteiger partial charge in [0.15, 0.2) is 0 Å². The molecule has 1 aliphatic heterocycles. The lowest BCUT2D eigenvalue weighted by Crippen LogP contribution is -2.45. The van der Waals surface area contributed by atoms with E-state index >= 15 is 0 Å². The third-order valence-corrected chi connectivity index (χ3v) is 5.99. The van der Waals surface area contributed by atoms with Crippen LogP contribution in [-0.4, -0.2) is 19.7 Å². The summed E-state index contributed by atoms with van der Waals surface area (Å²) in [4.78, 5) is 0. The van der Waals surface area contributed by atoms with Crippen LogP contribution in [0, 0.1) is 0 Å². The molecule has 4 rings (SSSR count). The van der Waals surface area contributed by atoms with Gasteiger partial charge in [0, 0.05) is 24.2 Å². The fraction of sp³-hybridized carbons (Fsp3) is 0.304. The van der Waals surface area contributed by atoms with E-state index < -0.39 is 0 Å². The Balaban J connectivity index is 1.52. The van der Waals surface area contributed by atoms with Crippen LogP contribution in [0.15, 0.2) is 65.4 Å². The van der Waals surface area contributed by atoms with Gasteiger partial charge in [-0.2, -0.15) is 11.3 Å². The van der Waals surface area contributed by atoms with Crippen molar-refractivity contribution in [2.45, 2.75) is 31.5 Å². The first-order valence-electron chi connectivity index (χ1n) is 9.56. The lowest BCUT2D eigenvalue weighted by Gasteiger charge is -2.34. The molecule has 2 atom stereocenters. The van der Waals surface area contributed by atoms with Crippen molar-refractivity contribution >= 4 is 11.3 Å². The number of piperidine rings is 1. The Kier molecular flexibility index (Phi) is 5.87. The summed E-state index contributed by atoms with van der Waals surface area (Å²) in [6.07, 6.45) is 2.38. The molecule has 1 aliphatic rings. The molecular weight excluding hydrogens is 352 g/mol. The van der Waals surface area contributed by atoms with E-state index in [0.29, 0.717) is 12.1 Å². The van der Waals surface area contributed by atoms with Crippen molar-refractivity contribution in [3.8, 4) is 16.9 Å². The quantitative estimate of drug-likeness (QED) is 0.633. The van der Waals surface area contributed by atoms with E-state index in [1.807, 2.05) is 0 Å². The number of nitrogens with one attached hydrogen (secondary N) is 2. The highest BCUT2D eigenvalue weighted by molar-refractivity contribution is 7.08. The van der Waals surface area contributed by atoms with Gasteiger partial charge in [-0.3, -0.25) is 0 Å². The number of ether oxygens (including phenoxy) is 1. The number of thiophene rings is 1. The molecule has 4 heteroatoms. The zero-order valence-corrected chi connectivity index (χ0v) is 16.5. The highest BCUT2D eigenvalue weighted by Gasteiger charge is 2.25. The second-order valence-corrected chi connectivity index (χ2v) is 7.79. The summed E-state index contributed by atoms with van der Waals surface area (Å²) in [6, 6.07) is 20.2. The largest absolute Gasteiger partial charge is 0.496 e. The van der Waals surface area contributed by atoms with Crippen LogP contribution in [0.4, 0.5) is 0 Å². The second kappa shape index (κ2) is 8.70. The summed E-state index contributed by atoms with van der Waals surface area (Å²) in [5.41, 5.74) is 5.08. The van der Waals surface area contributed by atoms with Crippen molar-refractivity contribution in [1.29, 1.82) is 0 Å². The van der Waals surface area contributed by atoms with E-state index in [9.17, 15) is 0 Å². The molecule has 1 saturated heterocycles. The highest BCUT2D eigenvalue weighted by atomic mass is 32.1. The molecule has 2 aromatic carbocycles. The van der Waals surface area contributed by atoms with Gasteiger partial charge in [-0.15, -0.1) is 0 Å². The maximum atomic E-state index is 5.62. The molecule has 1 fully saturated rings. The molecule has 0 radical (unpaired) electrons. The van der Waals surface area contributed by atoms with Crippen LogP contribution in [0.25, 0.3) is 11.1 Å². The first-order chi connectivity index (χ1) is 13.3. The summed E-state index contributed by atoms with van der Waals surface area (Å²) >= 11 is 1.73. The van der Waals surface area contributed by atoms with Gasteiger partial charge in [0.25, 0.3) is 0 Å². The van der Waals surface area contributed by atoms with E-state index in [0.717, 1.165) is 18.8 Å². The average Bonchev–Trinajstić information content (AvgIpc) is 3.28. The van der Waals surface area contributed by atoms with Crippen molar-refractivity contribution in [3.63, 3.8) is 0 Å². The van der Waals surface area contributed by atoms with Gasteiger partial charge in [-0.25, -0.2) is 0 Å². The van der Waals surface area contributed by atoms with E-state index in [-0.39, 0.29) is 0 Å². The van der Waals surface area contributed by atoms with Crippen LogP contribution in [0.1, 0.15) is 30.0 Å². The smallest absolute Gasteiger partial charge is 0.123 e. The summed E-state index contributed by atoms with van der Waals surface area (Å²) in [5, 5.41) is 11.8. The Hall–Kier alpha value is -2.14. The molecule has 0 saturated carbocycles. The molecule has 0 amide bonds. The van der Waals surface area contributed by atoms with Crippen molar-refractivity contribution in [2.24, 2.45) is 0 Å². The van der Waals surface area contributed by atoms with Gasteiger partial charge < -0.3 is 15.4 Å². The van der Waals surface area contributed by atoms with Gasteiger partial charge in [0.05, 0.1) is 7.11 Å². The zero-order valence-electron chi connectivity index (χ0n) is 15.7. The van der Waals surface area contributed by atoms with E-state index in [4.69, 9.17) is 4.74 Å². The number of benzene rings is 2. The molecular formula is C23H26N2OS. The van der Waals surface area contributed by atoms with Gasteiger partial charge in [0.2, 0.25) is 0 Å². The Labute approximate surface area is 165 Å². The number of hydrogen-bond acceptors (Lipinski definition) is 4. The molecule has 2 N–H and O–H groups in total. The average molecular weight is 379 g/mol. The number of hydrogen-bond donors (Lipinski definition) is 2. The fourth-order valence-electron chi connectivity index (χ4n) is 3.88. The number of rotatable bonds is 6. The molecule has 0 aliphatic carbocycles. The minimum absolute atomic E-state index is 0.353. The Morgan fingerprint density at radius 1 is 1.11 bits per heavy atom. The van der Waals surface area contributed by atoms with Crippen LogP contribution >= 0.6 is 11.3 Å². The van der Waals surface area contributed by atoms with E-state index in [1.165, 1.54) is 35.1 Å². The first-order valence-corrected chi connectivity index (χ1v) is 10.5. The van der Waals surface area contributed by atoms with Gasteiger partial charge in [-0.1, -0.05) is 36.4 Å². The van der Waals surface area contributed by atoms with E-state index in [2.05, 4.69) is 76.0 Å². The van der Waals surface area contributed by atoms with Crippen molar-refractivity contribution in [3.05, 3.63) is 76.5 Å². The van der Waals surface area contributed by atoms with Crippen LogP contribution in [0.3, 0.4) is 0 Å². The minimum atomic E-state index is 0.353. The lowest BCUT2D eigenvalue weighted by molar-refractivity contribution is 0.303. The van der Waals surface area contributed by atoms with Crippen molar-refractivity contribution in [2.75, 3.05) is 13.7 Å². The Bertz CT molecular complexity index is 848. The molecule has 27 heavy (non-hydrogen) atoms. The SMILES string of the molecule is COc1ccc(-c2ccsc2)cc1CN[C@H]1CCCN[C@H]1c1ccccc1. The van der Waals surface area contributed by atoms with Gasteiger partial charge in [-0.05, 0) is 65.0 Å².